The van der Waals surface area contributed by atoms with Crippen molar-refractivity contribution in [3.63, 3.8) is 0 Å². The van der Waals surface area contributed by atoms with Crippen LogP contribution >= 0.6 is 11.8 Å². The normalized spacial score (nSPS) is 11.0. The number of rotatable bonds is 7. The molecule has 0 aliphatic carbocycles. The van der Waals surface area contributed by atoms with Gasteiger partial charge in [-0.2, -0.15) is 0 Å². The lowest BCUT2D eigenvalue weighted by molar-refractivity contribution is -0.144. The summed E-state index contributed by atoms with van der Waals surface area (Å²) in [5.41, 5.74) is 4.83. The zero-order valence-electron chi connectivity index (χ0n) is 17.7. The van der Waals surface area contributed by atoms with Crippen molar-refractivity contribution in [3.05, 3.63) is 65.2 Å². The second-order valence-corrected chi connectivity index (χ2v) is 8.48. The van der Waals surface area contributed by atoms with E-state index in [4.69, 9.17) is 4.74 Å². The number of ether oxygens (including phenoxy) is 1. The van der Waals surface area contributed by atoms with Gasteiger partial charge in [-0.15, -0.1) is 0 Å². The Bertz CT molecular complexity index is 1080. The van der Waals surface area contributed by atoms with E-state index >= 15 is 0 Å². The van der Waals surface area contributed by atoms with Gasteiger partial charge in [0, 0.05) is 11.1 Å². The van der Waals surface area contributed by atoms with Gasteiger partial charge in [0.2, 0.25) is 0 Å². The first-order valence-corrected chi connectivity index (χ1v) is 10.9. The molecule has 1 N–H and O–H groups in total. The summed E-state index contributed by atoms with van der Waals surface area (Å²) in [6.07, 6.45) is 0. The SMILES string of the molecule is Cc1cccc(C(C)C)c1NC(=O)COC(=O)CSc1cc(C)c2ccccc2n1. The topological polar surface area (TPSA) is 68.3 Å². The molecule has 0 saturated heterocycles. The van der Waals surface area contributed by atoms with E-state index in [0.717, 1.165) is 38.3 Å². The first kappa shape index (κ1) is 21.8. The molecule has 1 heterocycles. The van der Waals surface area contributed by atoms with Crippen molar-refractivity contribution in [2.45, 2.75) is 38.6 Å². The fraction of sp³-hybridized carbons (Fsp3) is 0.292. The molecule has 0 saturated carbocycles. The van der Waals surface area contributed by atoms with E-state index in [1.165, 1.54) is 11.8 Å². The molecule has 0 aliphatic heterocycles. The molecular formula is C24H26N2O3S. The highest BCUT2D eigenvalue weighted by Gasteiger charge is 2.14. The van der Waals surface area contributed by atoms with Crippen LogP contribution in [0.15, 0.2) is 53.6 Å². The Morgan fingerprint density at radius 3 is 2.60 bits per heavy atom. The van der Waals surface area contributed by atoms with Crippen molar-refractivity contribution in [1.29, 1.82) is 0 Å². The van der Waals surface area contributed by atoms with Gasteiger partial charge in [-0.05, 0) is 48.6 Å². The van der Waals surface area contributed by atoms with Crippen LogP contribution in [-0.4, -0.2) is 29.2 Å². The van der Waals surface area contributed by atoms with Crippen LogP contribution in [0.4, 0.5) is 5.69 Å². The van der Waals surface area contributed by atoms with Crippen LogP contribution in [-0.2, 0) is 14.3 Å². The van der Waals surface area contributed by atoms with Crippen LogP contribution in [0.3, 0.4) is 0 Å². The highest BCUT2D eigenvalue weighted by atomic mass is 32.2. The van der Waals surface area contributed by atoms with Gasteiger partial charge >= 0.3 is 5.97 Å². The quantitative estimate of drug-likeness (QED) is 0.416. The van der Waals surface area contributed by atoms with Crippen molar-refractivity contribution in [2.75, 3.05) is 17.7 Å². The molecular weight excluding hydrogens is 396 g/mol. The number of amides is 1. The number of aromatic nitrogens is 1. The second-order valence-electron chi connectivity index (χ2n) is 7.49. The lowest BCUT2D eigenvalue weighted by atomic mass is 9.98. The van der Waals surface area contributed by atoms with Crippen molar-refractivity contribution < 1.29 is 14.3 Å². The standard InChI is InChI=1S/C24H26N2O3S/c1-15(2)18-10-7-8-16(3)24(18)26-21(27)13-29-23(28)14-30-22-12-17(4)19-9-5-6-11-20(19)25-22/h5-12,15H,13-14H2,1-4H3,(H,26,27). The molecule has 0 bridgehead atoms. The van der Waals surface area contributed by atoms with Gasteiger partial charge < -0.3 is 10.1 Å². The predicted octanol–water partition coefficient (Wildman–Crippen LogP) is 5.25. The van der Waals surface area contributed by atoms with Gasteiger partial charge in [0.15, 0.2) is 6.61 Å². The first-order valence-electron chi connectivity index (χ1n) is 9.89. The van der Waals surface area contributed by atoms with Gasteiger partial charge in [0.1, 0.15) is 0 Å². The molecule has 156 valence electrons. The fourth-order valence-corrected chi connectivity index (χ4v) is 4.00. The average Bonchev–Trinajstić information content (AvgIpc) is 2.72. The summed E-state index contributed by atoms with van der Waals surface area (Å²) in [4.78, 5) is 29.0. The number of pyridine rings is 1. The van der Waals surface area contributed by atoms with Crippen LogP contribution in [0.2, 0.25) is 0 Å². The van der Waals surface area contributed by atoms with Crippen LogP contribution < -0.4 is 5.32 Å². The summed E-state index contributed by atoms with van der Waals surface area (Å²) < 4.78 is 5.16. The third kappa shape index (κ3) is 5.39. The minimum Gasteiger partial charge on any atom is -0.455 e. The van der Waals surface area contributed by atoms with Gasteiger partial charge in [0.05, 0.1) is 16.3 Å². The lowest BCUT2D eigenvalue weighted by Crippen LogP contribution is -2.22. The number of carbonyl (C=O) groups excluding carboxylic acids is 2. The summed E-state index contributed by atoms with van der Waals surface area (Å²) in [5, 5.41) is 4.74. The molecule has 30 heavy (non-hydrogen) atoms. The Labute approximate surface area is 181 Å². The minimum absolute atomic E-state index is 0.0969. The molecule has 5 nitrogen and oxygen atoms in total. The van der Waals surface area contributed by atoms with E-state index in [-0.39, 0.29) is 24.2 Å². The number of fused-ring (bicyclic) bond motifs is 1. The molecule has 6 heteroatoms. The third-order valence-electron chi connectivity index (χ3n) is 4.79. The number of carbonyl (C=O) groups is 2. The van der Waals surface area contributed by atoms with Crippen LogP contribution in [0, 0.1) is 13.8 Å². The number of hydrogen-bond acceptors (Lipinski definition) is 5. The average molecular weight is 423 g/mol. The van der Waals surface area contributed by atoms with Gasteiger partial charge in [-0.1, -0.05) is 62.0 Å². The number of para-hydroxylation sites is 2. The Morgan fingerprint density at radius 1 is 1.07 bits per heavy atom. The van der Waals surface area contributed by atoms with Gasteiger partial charge in [-0.3, -0.25) is 9.59 Å². The Kier molecular flexibility index (Phi) is 7.11. The predicted molar refractivity (Wildman–Crippen MR) is 122 cm³/mol. The maximum absolute atomic E-state index is 12.3. The van der Waals surface area contributed by atoms with Gasteiger partial charge in [0.25, 0.3) is 5.91 Å². The summed E-state index contributed by atoms with van der Waals surface area (Å²) in [6, 6.07) is 15.8. The third-order valence-corrected chi connectivity index (χ3v) is 5.68. The smallest absolute Gasteiger partial charge is 0.316 e. The Morgan fingerprint density at radius 2 is 1.83 bits per heavy atom. The summed E-state index contributed by atoms with van der Waals surface area (Å²) in [6.45, 7) is 7.81. The van der Waals surface area contributed by atoms with E-state index < -0.39 is 5.97 Å². The van der Waals surface area contributed by atoms with Crippen LogP contribution in [0.5, 0.6) is 0 Å². The summed E-state index contributed by atoms with van der Waals surface area (Å²) >= 11 is 1.30. The van der Waals surface area contributed by atoms with Gasteiger partial charge in [-0.25, -0.2) is 4.98 Å². The number of esters is 1. The van der Waals surface area contributed by atoms with Crippen LogP contribution in [0.25, 0.3) is 10.9 Å². The van der Waals surface area contributed by atoms with E-state index in [1.54, 1.807) is 0 Å². The number of nitrogens with zero attached hydrogens (tertiary/aromatic N) is 1. The molecule has 0 atom stereocenters. The highest BCUT2D eigenvalue weighted by molar-refractivity contribution is 7.99. The largest absolute Gasteiger partial charge is 0.455 e. The number of aryl methyl sites for hydroxylation is 2. The minimum atomic E-state index is -0.448. The first-order chi connectivity index (χ1) is 14.3. The van der Waals surface area contributed by atoms with E-state index in [9.17, 15) is 9.59 Å². The van der Waals surface area contributed by atoms with E-state index in [2.05, 4.69) is 24.1 Å². The maximum Gasteiger partial charge on any atom is 0.316 e. The van der Waals surface area contributed by atoms with E-state index in [1.807, 2.05) is 62.4 Å². The summed E-state index contributed by atoms with van der Waals surface area (Å²) in [5.74, 6) is -0.419. The van der Waals surface area contributed by atoms with Crippen LogP contribution in [0.1, 0.15) is 36.5 Å². The molecule has 2 aromatic carbocycles. The fourth-order valence-electron chi connectivity index (χ4n) is 3.23. The van der Waals surface area contributed by atoms with Crippen molar-refractivity contribution in [1.82, 2.24) is 4.98 Å². The number of anilines is 1. The van der Waals surface area contributed by atoms with Crippen molar-refractivity contribution >= 4 is 40.2 Å². The zero-order valence-corrected chi connectivity index (χ0v) is 18.5. The highest BCUT2D eigenvalue weighted by Crippen LogP contribution is 2.27. The molecule has 0 unspecified atom stereocenters. The molecule has 1 aromatic heterocycles. The molecule has 3 aromatic rings. The number of benzene rings is 2. The summed E-state index contributed by atoms with van der Waals surface area (Å²) in [7, 11) is 0. The lowest BCUT2D eigenvalue weighted by Gasteiger charge is -2.16. The molecule has 1 amide bonds. The second kappa shape index (κ2) is 9.76. The van der Waals surface area contributed by atoms with Crippen molar-refractivity contribution in [3.8, 4) is 0 Å². The molecule has 3 rings (SSSR count). The maximum atomic E-state index is 12.3. The van der Waals surface area contributed by atoms with Crippen molar-refractivity contribution in [2.24, 2.45) is 0 Å². The number of thioether (sulfide) groups is 1. The van der Waals surface area contributed by atoms with E-state index in [0.29, 0.717) is 0 Å². The number of nitrogens with one attached hydrogen (secondary N) is 1. The Hall–Kier alpha value is -2.86. The number of hydrogen-bond donors (Lipinski definition) is 1. The monoisotopic (exact) mass is 422 g/mol. The molecule has 0 aliphatic rings. The molecule has 0 fully saturated rings. The molecule has 0 spiro atoms. The zero-order chi connectivity index (χ0) is 21.7. The Balaban J connectivity index is 1.54. The molecule has 0 radical (unpaired) electrons.